The molecule has 1 N–H and O–H groups in total. The van der Waals surface area contributed by atoms with Crippen molar-refractivity contribution < 1.29 is 0 Å². The molecule has 3 heterocycles. The van der Waals surface area contributed by atoms with Crippen molar-refractivity contribution in [3.8, 4) is 23.1 Å². The average Bonchev–Trinajstić information content (AvgIpc) is 3.43. The molecular formula is C23H22N8. The zero-order chi connectivity index (χ0) is 21.4. The molecule has 0 bridgehead atoms. The van der Waals surface area contributed by atoms with E-state index >= 15 is 0 Å². The van der Waals surface area contributed by atoms with E-state index in [4.69, 9.17) is 10.4 Å². The second-order valence-electron chi connectivity index (χ2n) is 7.92. The topological polar surface area (TPSA) is 97.2 Å². The van der Waals surface area contributed by atoms with Gasteiger partial charge in [-0.15, -0.1) is 0 Å². The minimum atomic E-state index is 0.638. The Morgan fingerprint density at radius 2 is 1.90 bits per heavy atom. The van der Waals surface area contributed by atoms with Crippen LogP contribution in [0.3, 0.4) is 0 Å². The predicted octanol–water partition coefficient (Wildman–Crippen LogP) is 4.17. The molecule has 4 aromatic rings. The van der Waals surface area contributed by atoms with Crippen LogP contribution in [-0.2, 0) is 6.54 Å². The Labute approximate surface area is 180 Å². The highest BCUT2D eigenvalue weighted by molar-refractivity contribution is 5.71. The van der Waals surface area contributed by atoms with Crippen molar-refractivity contribution in [2.75, 3.05) is 5.32 Å². The van der Waals surface area contributed by atoms with E-state index in [0.717, 1.165) is 34.9 Å². The fourth-order valence-electron chi connectivity index (χ4n) is 3.57. The quantitative estimate of drug-likeness (QED) is 0.512. The zero-order valence-corrected chi connectivity index (χ0v) is 17.4. The number of aromatic nitrogens is 6. The summed E-state index contributed by atoms with van der Waals surface area (Å²) in [6, 6.07) is 13.5. The number of anilines is 2. The number of nitrogens with one attached hydrogen (secondary N) is 1. The van der Waals surface area contributed by atoms with Gasteiger partial charge in [-0.25, -0.2) is 19.3 Å². The number of hydrogen-bond acceptors (Lipinski definition) is 6. The molecular weight excluding hydrogens is 388 g/mol. The maximum atomic E-state index is 9.08. The number of benzene rings is 1. The number of rotatable bonds is 6. The van der Waals surface area contributed by atoms with E-state index in [9.17, 15) is 0 Å². The van der Waals surface area contributed by atoms with E-state index in [1.54, 1.807) is 4.68 Å². The summed E-state index contributed by atoms with van der Waals surface area (Å²) in [7, 11) is 0. The van der Waals surface area contributed by atoms with Crippen molar-refractivity contribution in [1.29, 1.82) is 5.26 Å². The van der Waals surface area contributed by atoms with Gasteiger partial charge in [0, 0.05) is 29.9 Å². The summed E-state index contributed by atoms with van der Waals surface area (Å²) < 4.78 is 3.78. The van der Waals surface area contributed by atoms with Crippen LogP contribution in [0.5, 0.6) is 0 Å². The van der Waals surface area contributed by atoms with E-state index in [1.807, 2.05) is 54.2 Å². The predicted molar refractivity (Wildman–Crippen MR) is 117 cm³/mol. The Morgan fingerprint density at radius 3 is 2.58 bits per heavy atom. The van der Waals surface area contributed by atoms with E-state index in [-0.39, 0.29) is 0 Å². The molecule has 1 saturated carbocycles. The summed E-state index contributed by atoms with van der Waals surface area (Å²) in [5.74, 6) is 2.97. The van der Waals surface area contributed by atoms with Crippen LogP contribution in [0, 0.1) is 31.1 Å². The van der Waals surface area contributed by atoms with Crippen molar-refractivity contribution in [3.63, 3.8) is 0 Å². The van der Waals surface area contributed by atoms with Gasteiger partial charge in [0.2, 0.25) is 0 Å². The van der Waals surface area contributed by atoms with Gasteiger partial charge in [0.1, 0.15) is 18.0 Å². The first kappa shape index (κ1) is 19.0. The lowest BCUT2D eigenvalue weighted by molar-refractivity contribution is 0.571. The Kier molecular flexibility index (Phi) is 4.71. The summed E-state index contributed by atoms with van der Waals surface area (Å²) in [6.07, 6.45) is 5.89. The molecule has 1 aliphatic carbocycles. The summed E-state index contributed by atoms with van der Waals surface area (Å²) in [6.45, 7) is 4.88. The highest BCUT2D eigenvalue weighted by Gasteiger charge is 2.25. The van der Waals surface area contributed by atoms with Gasteiger partial charge in [-0.05, 0) is 50.8 Å². The SMILES string of the molecule is Cc1ccn(-c2cc(Nc3c(C)c(-c4ccc(C#N)cc4)nn3CC3CC3)ncn2)n1. The standard InChI is InChI=1S/C23H22N8/c1-15-9-10-30(28-15)21-11-20(25-14-26-21)27-23-16(2)22(29-31(23)13-18-3-4-18)19-7-5-17(12-24)6-8-19/h5-11,14,18H,3-4,13H2,1-2H3,(H,25,26,27). The van der Waals surface area contributed by atoms with Gasteiger partial charge in [-0.2, -0.15) is 15.5 Å². The number of aryl methyl sites for hydroxylation is 1. The van der Waals surface area contributed by atoms with Crippen molar-refractivity contribution in [3.05, 3.63) is 65.7 Å². The van der Waals surface area contributed by atoms with Crippen LogP contribution in [0.25, 0.3) is 17.1 Å². The van der Waals surface area contributed by atoms with Gasteiger partial charge in [0.25, 0.3) is 0 Å². The molecule has 0 amide bonds. The summed E-state index contributed by atoms with van der Waals surface area (Å²) >= 11 is 0. The molecule has 1 fully saturated rings. The lowest BCUT2D eigenvalue weighted by Gasteiger charge is -2.11. The highest BCUT2D eigenvalue weighted by Crippen LogP contribution is 2.35. The fraction of sp³-hybridized carbons (Fsp3) is 0.261. The van der Waals surface area contributed by atoms with Crippen LogP contribution >= 0.6 is 0 Å². The van der Waals surface area contributed by atoms with Crippen LogP contribution in [0.4, 0.5) is 11.6 Å². The molecule has 0 atom stereocenters. The first-order valence-corrected chi connectivity index (χ1v) is 10.3. The Balaban J connectivity index is 1.50. The van der Waals surface area contributed by atoms with Gasteiger partial charge in [-0.3, -0.25) is 0 Å². The third-order valence-electron chi connectivity index (χ3n) is 5.46. The van der Waals surface area contributed by atoms with Crippen LogP contribution in [-0.4, -0.2) is 29.5 Å². The molecule has 1 aromatic carbocycles. The van der Waals surface area contributed by atoms with Crippen LogP contribution in [0.15, 0.2) is 48.9 Å². The van der Waals surface area contributed by atoms with Gasteiger partial charge < -0.3 is 5.32 Å². The van der Waals surface area contributed by atoms with E-state index in [0.29, 0.717) is 23.1 Å². The van der Waals surface area contributed by atoms with Crippen molar-refractivity contribution in [1.82, 2.24) is 29.5 Å². The van der Waals surface area contributed by atoms with Crippen molar-refractivity contribution >= 4 is 11.6 Å². The van der Waals surface area contributed by atoms with E-state index in [2.05, 4.69) is 33.4 Å². The number of nitrogens with zero attached hydrogens (tertiary/aromatic N) is 7. The average molecular weight is 410 g/mol. The molecule has 5 rings (SSSR count). The number of nitriles is 1. The Hall–Kier alpha value is -3.99. The van der Waals surface area contributed by atoms with Crippen molar-refractivity contribution in [2.45, 2.75) is 33.2 Å². The molecule has 0 aliphatic heterocycles. The smallest absolute Gasteiger partial charge is 0.158 e. The second-order valence-corrected chi connectivity index (χ2v) is 7.92. The minimum Gasteiger partial charge on any atom is -0.325 e. The van der Waals surface area contributed by atoms with Crippen LogP contribution in [0.2, 0.25) is 0 Å². The molecule has 0 unspecified atom stereocenters. The third-order valence-corrected chi connectivity index (χ3v) is 5.46. The summed E-state index contributed by atoms with van der Waals surface area (Å²) in [4.78, 5) is 8.75. The normalized spacial score (nSPS) is 13.2. The number of hydrogen-bond donors (Lipinski definition) is 1. The molecule has 8 heteroatoms. The Bertz CT molecular complexity index is 1270. The van der Waals surface area contributed by atoms with E-state index in [1.165, 1.54) is 19.2 Å². The highest BCUT2D eigenvalue weighted by atomic mass is 15.3. The van der Waals surface area contributed by atoms with Crippen LogP contribution < -0.4 is 5.32 Å². The first-order chi connectivity index (χ1) is 15.1. The van der Waals surface area contributed by atoms with Gasteiger partial charge in [0.05, 0.1) is 23.0 Å². The zero-order valence-electron chi connectivity index (χ0n) is 17.4. The molecule has 8 nitrogen and oxygen atoms in total. The molecule has 0 radical (unpaired) electrons. The first-order valence-electron chi connectivity index (χ1n) is 10.3. The van der Waals surface area contributed by atoms with Crippen molar-refractivity contribution in [2.24, 2.45) is 5.92 Å². The minimum absolute atomic E-state index is 0.638. The molecule has 1 aliphatic rings. The summed E-state index contributed by atoms with van der Waals surface area (Å²) in [5.41, 5.74) is 4.51. The molecule has 154 valence electrons. The third kappa shape index (κ3) is 3.90. The van der Waals surface area contributed by atoms with Crippen LogP contribution in [0.1, 0.15) is 29.7 Å². The van der Waals surface area contributed by atoms with Gasteiger partial charge in [-0.1, -0.05) is 12.1 Å². The second kappa shape index (κ2) is 7.69. The molecule has 3 aromatic heterocycles. The maximum absolute atomic E-state index is 9.08. The molecule has 31 heavy (non-hydrogen) atoms. The summed E-state index contributed by atoms with van der Waals surface area (Å²) in [5, 5.41) is 21.9. The lowest BCUT2D eigenvalue weighted by Crippen LogP contribution is -2.08. The van der Waals surface area contributed by atoms with E-state index < -0.39 is 0 Å². The monoisotopic (exact) mass is 410 g/mol. The molecule has 0 spiro atoms. The van der Waals surface area contributed by atoms with Gasteiger partial charge in [0.15, 0.2) is 5.82 Å². The lowest BCUT2D eigenvalue weighted by atomic mass is 10.1. The fourth-order valence-corrected chi connectivity index (χ4v) is 3.57. The Morgan fingerprint density at radius 1 is 1.10 bits per heavy atom. The molecule has 0 saturated heterocycles. The van der Waals surface area contributed by atoms with Gasteiger partial charge >= 0.3 is 0 Å². The maximum Gasteiger partial charge on any atom is 0.158 e. The largest absolute Gasteiger partial charge is 0.325 e.